The van der Waals surface area contributed by atoms with Gasteiger partial charge in [-0.05, 0) is 5.56 Å². The summed E-state index contributed by atoms with van der Waals surface area (Å²) in [7, 11) is 1.85. The second-order valence-corrected chi connectivity index (χ2v) is 7.74. The smallest absolute Gasteiger partial charge is 0.232 e. The molecule has 1 unspecified atom stereocenters. The maximum Gasteiger partial charge on any atom is 0.232 e. The normalized spacial score (nSPS) is 14.8. The van der Waals surface area contributed by atoms with Gasteiger partial charge in [0.25, 0.3) is 0 Å². The van der Waals surface area contributed by atoms with Gasteiger partial charge in [0.2, 0.25) is 17.8 Å². The third-order valence-corrected chi connectivity index (χ3v) is 5.45. The van der Waals surface area contributed by atoms with Gasteiger partial charge in [-0.2, -0.15) is 10.1 Å². The van der Waals surface area contributed by atoms with E-state index in [1.807, 2.05) is 43.6 Å². The van der Waals surface area contributed by atoms with E-state index >= 15 is 0 Å². The lowest BCUT2D eigenvalue weighted by atomic mass is 10.0. The van der Waals surface area contributed by atoms with Gasteiger partial charge >= 0.3 is 0 Å². The summed E-state index contributed by atoms with van der Waals surface area (Å²) < 4.78 is 1.71. The molecule has 0 radical (unpaired) electrons. The monoisotopic (exact) mass is 444 g/mol. The molecule has 33 heavy (non-hydrogen) atoms. The second kappa shape index (κ2) is 9.17. The molecule has 0 spiro atoms. The lowest BCUT2D eigenvalue weighted by molar-refractivity contribution is 0.219. The first-order valence-electron chi connectivity index (χ1n) is 10.7. The van der Waals surface area contributed by atoms with Crippen molar-refractivity contribution < 1.29 is 5.11 Å². The highest BCUT2D eigenvalue weighted by Crippen LogP contribution is 2.22. The van der Waals surface area contributed by atoms with E-state index in [0.29, 0.717) is 23.4 Å². The van der Waals surface area contributed by atoms with Crippen LogP contribution >= 0.6 is 0 Å². The Labute approximate surface area is 190 Å². The van der Waals surface area contributed by atoms with Crippen LogP contribution in [0.3, 0.4) is 0 Å². The van der Waals surface area contributed by atoms with Crippen LogP contribution in [-0.2, 0) is 7.05 Å². The molecule has 0 bridgehead atoms. The molecule has 11 heteroatoms. The van der Waals surface area contributed by atoms with Crippen molar-refractivity contribution in [1.29, 1.82) is 0 Å². The molecule has 11 nitrogen and oxygen atoms in total. The molecule has 4 heterocycles. The first-order chi connectivity index (χ1) is 16.2. The minimum atomic E-state index is -0.740. The van der Waals surface area contributed by atoms with Crippen molar-refractivity contribution in [3.63, 3.8) is 0 Å². The molecule has 2 N–H and O–H groups in total. The number of piperazine rings is 1. The molecule has 0 saturated carbocycles. The van der Waals surface area contributed by atoms with Crippen LogP contribution in [0.4, 0.5) is 23.5 Å². The van der Waals surface area contributed by atoms with Gasteiger partial charge in [-0.25, -0.2) is 19.9 Å². The molecule has 1 atom stereocenters. The third kappa shape index (κ3) is 4.72. The molecular weight excluding hydrogens is 420 g/mol. The Hall–Kier alpha value is -4.12. The Balaban J connectivity index is 1.20. The van der Waals surface area contributed by atoms with Crippen molar-refractivity contribution in [1.82, 2.24) is 34.7 Å². The van der Waals surface area contributed by atoms with Crippen molar-refractivity contribution in [2.45, 2.75) is 6.10 Å². The van der Waals surface area contributed by atoms with Crippen molar-refractivity contribution in [2.24, 2.45) is 7.05 Å². The van der Waals surface area contributed by atoms with E-state index in [1.165, 1.54) is 6.33 Å². The summed E-state index contributed by atoms with van der Waals surface area (Å²) in [6, 6.07) is 9.49. The zero-order valence-corrected chi connectivity index (χ0v) is 18.2. The Kier molecular flexibility index (Phi) is 5.77. The van der Waals surface area contributed by atoms with Gasteiger partial charge in [0, 0.05) is 57.4 Å². The van der Waals surface area contributed by atoms with Crippen molar-refractivity contribution in [2.75, 3.05) is 41.3 Å². The number of aromatic nitrogens is 7. The highest BCUT2D eigenvalue weighted by molar-refractivity contribution is 5.51. The van der Waals surface area contributed by atoms with E-state index in [-0.39, 0.29) is 0 Å². The minimum Gasteiger partial charge on any atom is -0.384 e. The first-order valence-corrected chi connectivity index (χ1v) is 10.7. The van der Waals surface area contributed by atoms with Gasteiger partial charge in [0.1, 0.15) is 12.4 Å². The van der Waals surface area contributed by atoms with Crippen LogP contribution in [0, 0.1) is 0 Å². The van der Waals surface area contributed by atoms with Gasteiger partial charge < -0.3 is 20.2 Å². The summed E-state index contributed by atoms with van der Waals surface area (Å²) in [5.41, 5.74) is 2.30. The summed E-state index contributed by atoms with van der Waals surface area (Å²) in [6.45, 7) is 2.93. The fourth-order valence-electron chi connectivity index (χ4n) is 3.69. The van der Waals surface area contributed by atoms with Gasteiger partial charge in [0.15, 0.2) is 0 Å². The number of rotatable bonds is 6. The Morgan fingerprint density at radius 1 is 0.848 bits per heavy atom. The van der Waals surface area contributed by atoms with Crippen LogP contribution in [-0.4, -0.2) is 66.0 Å². The average molecular weight is 445 g/mol. The van der Waals surface area contributed by atoms with Crippen LogP contribution in [0.2, 0.25) is 0 Å². The molecule has 0 amide bonds. The fourth-order valence-corrected chi connectivity index (χ4v) is 3.69. The molecule has 168 valence electrons. The third-order valence-electron chi connectivity index (χ3n) is 5.45. The quantitative estimate of drug-likeness (QED) is 0.453. The standard InChI is InChI=1S/C22H24N10O/c1-30-14-18(13-27-30)28-20-25-15-26-22(29-20)32-9-7-31(8-10-32)21-23-11-17(12-24-21)19(33)16-5-3-2-4-6-16/h2-6,11-15,19,33H,7-10H2,1H3,(H,25,26,28,29). The Morgan fingerprint density at radius 2 is 1.55 bits per heavy atom. The molecular formula is C22H24N10O. The molecule has 1 aromatic carbocycles. The summed E-state index contributed by atoms with van der Waals surface area (Å²) in [5.74, 6) is 1.75. The molecule has 5 rings (SSSR count). The number of aliphatic hydroxyl groups is 1. The van der Waals surface area contributed by atoms with Gasteiger partial charge in [-0.3, -0.25) is 4.68 Å². The second-order valence-electron chi connectivity index (χ2n) is 7.74. The number of aliphatic hydroxyl groups excluding tert-OH is 1. The maximum atomic E-state index is 10.5. The number of benzene rings is 1. The summed E-state index contributed by atoms with van der Waals surface area (Å²) in [5, 5.41) is 17.8. The van der Waals surface area contributed by atoms with E-state index in [2.05, 4.69) is 45.1 Å². The molecule has 1 aliphatic rings. The highest BCUT2D eigenvalue weighted by Gasteiger charge is 2.22. The molecule has 4 aromatic rings. The lowest BCUT2D eigenvalue weighted by Crippen LogP contribution is -2.47. The Morgan fingerprint density at radius 3 is 2.21 bits per heavy atom. The van der Waals surface area contributed by atoms with Gasteiger partial charge in [-0.1, -0.05) is 30.3 Å². The van der Waals surface area contributed by atoms with E-state index in [4.69, 9.17) is 0 Å². The van der Waals surface area contributed by atoms with E-state index in [9.17, 15) is 5.11 Å². The number of anilines is 4. The maximum absolute atomic E-state index is 10.5. The number of nitrogens with zero attached hydrogens (tertiary/aromatic N) is 9. The topological polar surface area (TPSA) is 121 Å². The molecule has 0 aliphatic carbocycles. The molecule has 1 fully saturated rings. The number of nitrogens with one attached hydrogen (secondary N) is 1. The number of aryl methyl sites for hydroxylation is 1. The number of hydrogen-bond donors (Lipinski definition) is 2. The van der Waals surface area contributed by atoms with Gasteiger partial charge in [-0.15, -0.1) is 0 Å². The summed E-state index contributed by atoms with van der Waals surface area (Å²) in [6.07, 6.45) is 7.71. The zero-order valence-electron chi connectivity index (χ0n) is 18.2. The molecule has 1 aliphatic heterocycles. The average Bonchev–Trinajstić information content (AvgIpc) is 3.29. The van der Waals surface area contributed by atoms with Crippen LogP contribution < -0.4 is 15.1 Å². The van der Waals surface area contributed by atoms with Crippen LogP contribution in [0.15, 0.2) is 61.4 Å². The van der Waals surface area contributed by atoms with E-state index < -0.39 is 6.10 Å². The summed E-state index contributed by atoms with van der Waals surface area (Å²) >= 11 is 0. The fraction of sp³-hybridized carbons (Fsp3) is 0.273. The SMILES string of the molecule is Cn1cc(Nc2ncnc(N3CCN(c4ncc(C(O)c5ccccc5)cn4)CC3)n2)cn1. The Bertz CT molecular complexity index is 1190. The highest BCUT2D eigenvalue weighted by atomic mass is 16.3. The van der Waals surface area contributed by atoms with E-state index in [0.717, 1.165) is 37.4 Å². The van der Waals surface area contributed by atoms with Crippen molar-refractivity contribution in [3.8, 4) is 0 Å². The van der Waals surface area contributed by atoms with Crippen LogP contribution in [0.5, 0.6) is 0 Å². The first kappa shape index (κ1) is 20.8. The lowest BCUT2D eigenvalue weighted by Gasteiger charge is -2.34. The minimum absolute atomic E-state index is 0.478. The molecule has 3 aromatic heterocycles. The largest absolute Gasteiger partial charge is 0.384 e. The number of hydrogen-bond acceptors (Lipinski definition) is 10. The molecule has 1 saturated heterocycles. The van der Waals surface area contributed by atoms with Crippen LogP contribution in [0.1, 0.15) is 17.2 Å². The summed E-state index contributed by atoms with van der Waals surface area (Å²) in [4.78, 5) is 26.3. The predicted molar refractivity (Wildman–Crippen MR) is 123 cm³/mol. The van der Waals surface area contributed by atoms with Gasteiger partial charge in [0.05, 0.1) is 11.9 Å². The predicted octanol–water partition coefficient (Wildman–Crippen LogP) is 1.55. The van der Waals surface area contributed by atoms with Crippen molar-refractivity contribution >= 4 is 23.5 Å². The zero-order chi connectivity index (χ0) is 22.6. The van der Waals surface area contributed by atoms with Crippen molar-refractivity contribution in [3.05, 3.63) is 72.6 Å². The van der Waals surface area contributed by atoms with Crippen LogP contribution in [0.25, 0.3) is 0 Å². The van der Waals surface area contributed by atoms with E-state index in [1.54, 1.807) is 23.3 Å².